The van der Waals surface area contributed by atoms with Crippen LogP contribution in [-0.2, 0) is 6.54 Å². The van der Waals surface area contributed by atoms with Crippen molar-refractivity contribution in [2.45, 2.75) is 6.54 Å². The van der Waals surface area contributed by atoms with E-state index < -0.39 is 0 Å². The largest absolute Gasteiger partial charge is 0.454 e. The Balaban J connectivity index is 1.24. The van der Waals surface area contributed by atoms with Crippen molar-refractivity contribution in [3.8, 4) is 11.5 Å². The standard InChI is InChI=1S/C22H23ClN6O2/c23-16-3-1-2-4-17(16)27-21-20(24)22(26-13-25-21)29-9-7-28(8-10-29)12-15-5-6-18-19(11-15)31-14-30-18/h1-6,11,13H,7-10,12,14,24H2,(H,25,26,27). The summed E-state index contributed by atoms with van der Waals surface area (Å²) < 4.78 is 10.9. The molecule has 8 nitrogen and oxygen atoms in total. The van der Waals surface area contributed by atoms with Gasteiger partial charge in [0, 0.05) is 32.7 Å². The lowest BCUT2D eigenvalue weighted by molar-refractivity contribution is 0.174. The third-order valence-corrected chi connectivity index (χ3v) is 5.83. The minimum Gasteiger partial charge on any atom is -0.454 e. The molecule has 1 saturated heterocycles. The van der Waals surface area contributed by atoms with E-state index in [1.807, 2.05) is 30.3 Å². The van der Waals surface area contributed by atoms with E-state index in [1.165, 1.54) is 11.9 Å². The smallest absolute Gasteiger partial charge is 0.231 e. The van der Waals surface area contributed by atoms with Gasteiger partial charge in [0.05, 0.1) is 10.7 Å². The number of para-hydroxylation sites is 1. The summed E-state index contributed by atoms with van der Waals surface area (Å²) in [7, 11) is 0. The molecule has 0 aliphatic carbocycles. The minimum absolute atomic E-state index is 0.297. The average molecular weight is 439 g/mol. The summed E-state index contributed by atoms with van der Waals surface area (Å²) >= 11 is 6.25. The number of rotatable bonds is 5. The molecule has 2 aliphatic heterocycles. The summed E-state index contributed by atoms with van der Waals surface area (Å²) in [6, 6.07) is 13.6. The molecule has 9 heteroatoms. The predicted octanol–water partition coefficient (Wildman–Crippen LogP) is 3.51. The van der Waals surface area contributed by atoms with E-state index in [1.54, 1.807) is 0 Å². The van der Waals surface area contributed by atoms with Crippen LogP contribution in [0.1, 0.15) is 5.56 Å². The van der Waals surface area contributed by atoms with Crippen LogP contribution in [-0.4, -0.2) is 47.8 Å². The van der Waals surface area contributed by atoms with Gasteiger partial charge in [-0.2, -0.15) is 0 Å². The van der Waals surface area contributed by atoms with Crippen LogP contribution in [0.15, 0.2) is 48.8 Å². The van der Waals surface area contributed by atoms with Crippen molar-refractivity contribution in [1.82, 2.24) is 14.9 Å². The van der Waals surface area contributed by atoms with Crippen LogP contribution < -0.4 is 25.4 Å². The summed E-state index contributed by atoms with van der Waals surface area (Å²) in [5.41, 5.74) is 8.90. The lowest BCUT2D eigenvalue weighted by Crippen LogP contribution is -2.46. The Morgan fingerprint density at radius 3 is 2.65 bits per heavy atom. The monoisotopic (exact) mass is 438 g/mol. The van der Waals surface area contributed by atoms with Gasteiger partial charge in [-0.3, -0.25) is 4.90 Å². The lowest BCUT2D eigenvalue weighted by atomic mass is 10.1. The first-order valence-electron chi connectivity index (χ1n) is 10.2. The topological polar surface area (TPSA) is 88.8 Å². The molecule has 0 unspecified atom stereocenters. The number of nitrogen functional groups attached to an aromatic ring is 1. The number of aromatic nitrogens is 2. The Morgan fingerprint density at radius 2 is 1.81 bits per heavy atom. The predicted molar refractivity (Wildman–Crippen MR) is 121 cm³/mol. The average Bonchev–Trinajstić information content (AvgIpc) is 3.25. The van der Waals surface area contributed by atoms with Crippen LogP contribution >= 0.6 is 11.6 Å². The van der Waals surface area contributed by atoms with Gasteiger partial charge in [0.25, 0.3) is 0 Å². The highest BCUT2D eigenvalue weighted by atomic mass is 35.5. The van der Waals surface area contributed by atoms with Crippen molar-refractivity contribution in [2.24, 2.45) is 0 Å². The number of hydrogen-bond donors (Lipinski definition) is 2. The molecule has 3 aromatic rings. The number of anilines is 4. The summed E-state index contributed by atoms with van der Waals surface area (Å²) in [6.45, 7) is 4.64. The van der Waals surface area contributed by atoms with Gasteiger partial charge in [0.15, 0.2) is 23.1 Å². The van der Waals surface area contributed by atoms with Crippen LogP contribution in [0.5, 0.6) is 11.5 Å². The van der Waals surface area contributed by atoms with Crippen molar-refractivity contribution >= 4 is 34.6 Å². The van der Waals surface area contributed by atoms with E-state index in [-0.39, 0.29) is 0 Å². The maximum absolute atomic E-state index is 6.41. The molecule has 3 heterocycles. The van der Waals surface area contributed by atoms with Gasteiger partial charge in [-0.25, -0.2) is 9.97 Å². The molecular formula is C22H23ClN6O2. The highest BCUT2D eigenvalue weighted by Gasteiger charge is 2.22. The van der Waals surface area contributed by atoms with Crippen molar-refractivity contribution in [1.29, 1.82) is 0 Å². The van der Waals surface area contributed by atoms with Gasteiger partial charge < -0.3 is 25.4 Å². The normalized spacial score (nSPS) is 15.8. The lowest BCUT2D eigenvalue weighted by Gasteiger charge is -2.36. The van der Waals surface area contributed by atoms with Crippen LogP contribution in [0.25, 0.3) is 0 Å². The molecule has 3 N–H and O–H groups in total. The third-order valence-electron chi connectivity index (χ3n) is 5.50. The summed E-state index contributed by atoms with van der Waals surface area (Å²) in [5, 5.41) is 3.83. The van der Waals surface area contributed by atoms with Gasteiger partial charge in [0.2, 0.25) is 6.79 Å². The molecule has 160 valence electrons. The second-order valence-electron chi connectivity index (χ2n) is 7.52. The van der Waals surface area contributed by atoms with E-state index in [4.69, 9.17) is 26.8 Å². The molecule has 2 aliphatic rings. The zero-order chi connectivity index (χ0) is 21.2. The molecule has 31 heavy (non-hydrogen) atoms. The summed E-state index contributed by atoms with van der Waals surface area (Å²) in [6.07, 6.45) is 1.53. The van der Waals surface area contributed by atoms with Crippen LogP contribution in [0.4, 0.5) is 23.0 Å². The number of hydrogen-bond acceptors (Lipinski definition) is 8. The number of halogens is 1. The Bertz CT molecular complexity index is 1090. The molecule has 0 atom stereocenters. The van der Waals surface area contributed by atoms with Crippen molar-refractivity contribution in [3.63, 3.8) is 0 Å². The van der Waals surface area contributed by atoms with E-state index in [0.717, 1.165) is 55.7 Å². The Hall–Kier alpha value is -3.23. The molecule has 5 rings (SSSR count). The maximum Gasteiger partial charge on any atom is 0.231 e. The van der Waals surface area contributed by atoms with Crippen LogP contribution in [0.3, 0.4) is 0 Å². The van der Waals surface area contributed by atoms with Crippen LogP contribution in [0, 0.1) is 0 Å². The maximum atomic E-state index is 6.41. The highest BCUT2D eigenvalue weighted by molar-refractivity contribution is 6.33. The minimum atomic E-state index is 0.297. The molecule has 0 radical (unpaired) electrons. The molecule has 2 aromatic carbocycles. The first-order valence-corrected chi connectivity index (χ1v) is 10.5. The van der Waals surface area contributed by atoms with Crippen molar-refractivity contribution < 1.29 is 9.47 Å². The first kappa shape index (κ1) is 19.7. The second-order valence-corrected chi connectivity index (χ2v) is 7.92. The van der Waals surface area contributed by atoms with E-state index >= 15 is 0 Å². The quantitative estimate of drug-likeness (QED) is 0.625. The van der Waals surface area contributed by atoms with Gasteiger partial charge >= 0.3 is 0 Å². The number of nitrogens with two attached hydrogens (primary N) is 1. The number of ether oxygens (including phenoxy) is 2. The van der Waals surface area contributed by atoms with Gasteiger partial charge in [0.1, 0.15) is 12.0 Å². The Kier molecular flexibility index (Phi) is 5.40. The number of benzene rings is 2. The van der Waals surface area contributed by atoms with E-state index in [0.29, 0.717) is 23.3 Å². The zero-order valence-corrected chi connectivity index (χ0v) is 17.7. The fraction of sp³-hybridized carbons (Fsp3) is 0.273. The Labute approximate surface area is 185 Å². The van der Waals surface area contributed by atoms with Crippen molar-refractivity contribution in [3.05, 3.63) is 59.4 Å². The molecule has 1 aromatic heterocycles. The molecule has 0 saturated carbocycles. The summed E-state index contributed by atoms with van der Waals surface area (Å²) in [4.78, 5) is 13.4. The highest BCUT2D eigenvalue weighted by Crippen LogP contribution is 2.34. The Morgan fingerprint density at radius 1 is 1.00 bits per heavy atom. The molecule has 0 amide bonds. The van der Waals surface area contributed by atoms with Crippen molar-refractivity contribution in [2.75, 3.05) is 48.9 Å². The molecule has 0 spiro atoms. The van der Waals surface area contributed by atoms with E-state index in [2.05, 4.69) is 37.2 Å². The second kappa shape index (κ2) is 8.49. The van der Waals surface area contributed by atoms with Gasteiger partial charge in [-0.1, -0.05) is 29.8 Å². The molecular weight excluding hydrogens is 416 g/mol. The number of fused-ring (bicyclic) bond motifs is 1. The van der Waals surface area contributed by atoms with E-state index in [9.17, 15) is 0 Å². The molecule has 0 bridgehead atoms. The van der Waals surface area contributed by atoms with Gasteiger partial charge in [-0.15, -0.1) is 0 Å². The number of nitrogens with one attached hydrogen (secondary N) is 1. The fourth-order valence-electron chi connectivity index (χ4n) is 3.84. The number of nitrogens with zero attached hydrogens (tertiary/aromatic N) is 4. The third kappa shape index (κ3) is 4.17. The summed E-state index contributed by atoms with van der Waals surface area (Å²) in [5.74, 6) is 2.94. The fourth-order valence-corrected chi connectivity index (χ4v) is 4.03. The first-order chi connectivity index (χ1) is 15.2. The van der Waals surface area contributed by atoms with Crippen LogP contribution in [0.2, 0.25) is 5.02 Å². The zero-order valence-electron chi connectivity index (χ0n) is 16.9. The number of piperazine rings is 1. The SMILES string of the molecule is Nc1c(Nc2ccccc2Cl)ncnc1N1CCN(Cc2ccc3c(c2)OCO3)CC1. The molecule has 1 fully saturated rings. The van der Waals surface area contributed by atoms with Gasteiger partial charge in [-0.05, 0) is 29.8 Å².